The summed E-state index contributed by atoms with van der Waals surface area (Å²) in [6.45, 7) is 8.78. The molecule has 108 valence electrons. The summed E-state index contributed by atoms with van der Waals surface area (Å²) in [5, 5.41) is 12.5. The maximum atomic E-state index is 9.10. The van der Waals surface area contributed by atoms with Gasteiger partial charge in [0.25, 0.3) is 0 Å². The first kappa shape index (κ1) is 15.8. The Kier molecular flexibility index (Phi) is 6.67. The van der Waals surface area contributed by atoms with E-state index in [1.54, 1.807) is 7.11 Å². The number of ether oxygens (including phenoxy) is 1. The second-order valence-electron chi connectivity index (χ2n) is 4.85. The van der Waals surface area contributed by atoms with Crippen LogP contribution in [0.15, 0.2) is 18.2 Å². The fraction of sp³-hybridized carbons (Fsp3) is 0.600. The van der Waals surface area contributed by atoms with Crippen LogP contribution in [0.3, 0.4) is 0 Å². The smallest absolute Gasteiger partial charge is 0.142 e. The topological polar surface area (TPSA) is 44.7 Å². The Morgan fingerprint density at radius 1 is 1.37 bits per heavy atom. The molecule has 0 saturated heterocycles. The van der Waals surface area contributed by atoms with Crippen molar-refractivity contribution < 1.29 is 9.84 Å². The first-order valence-electron chi connectivity index (χ1n) is 6.88. The Labute approximate surface area is 116 Å². The molecule has 0 aromatic heterocycles. The minimum Gasteiger partial charge on any atom is -0.495 e. The van der Waals surface area contributed by atoms with E-state index in [-0.39, 0.29) is 6.61 Å². The molecule has 1 aromatic carbocycles. The van der Waals surface area contributed by atoms with Crippen molar-refractivity contribution in [2.24, 2.45) is 0 Å². The normalized spacial score (nSPS) is 10.8. The zero-order valence-corrected chi connectivity index (χ0v) is 12.4. The average Bonchev–Trinajstić information content (AvgIpc) is 2.42. The van der Waals surface area contributed by atoms with Crippen LogP contribution in [0.1, 0.15) is 26.3 Å². The number of nitrogens with one attached hydrogen (secondary N) is 1. The summed E-state index contributed by atoms with van der Waals surface area (Å²) in [7, 11) is 1.69. The summed E-state index contributed by atoms with van der Waals surface area (Å²) in [6, 6.07) is 6.69. The number of aliphatic hydroxyl groups excluding tert-OH is 1. The molecule has 0 heterocycles. The van der Waals surface area contributed by atoms with E-state index in [0.717, 1.165) is 24.5 Å². The second-order valence-corrected chi connectivity index (χ2v) is 4.85. The van der Waals surface area contributed by atoms with Gasteiger partial charge >= 0.3 is 0 Å². The standard InChI is InChI=1S/C15H26N2O2/c1-5-17(8-9-18)14-7-6-13(10-15(14)19-4)11-16-12(2)3/h6-7,10,12,16,18H,5,8-9,11H2,1-4H3. The lowest BCUT2D eigenvalue weighted by molar-refractivity contribution is 0.302. The van der Waals surface area contributed by atoms with Crippen molar-refractivity contribution in [3.63, 3.8) is 0 Å². The van der Waals surface area contributed by atoms with Gasteiger partial charge in [-0.05, 0) is 24.6 Å². The summed E-state index contributed by atoms with van der Waals surface area (Å²) >= 11 is 0. The van der Waals surface area contributed by atoms with Crippen molar-refractivity contribution >= 4 is 5.69 Å². The van der Waals surface area contributed by atoms with E-state index in [9.17, 15) is 0 Å². The van der Waals surface area contributed by atoms with Gasteiger partial charge in [0.15, 0.2) is 0 Å². The summed E-state index contributed by atoms with van der Waals surface area (Å²) < 4.78 is 5.47. The highest BCUT2D eigenvalue weighted by molar-refractivity contribution is 5.59. The van der Waals surface area contributed by atoms with Crippen molar-refractivity contribution in [1.82, 2.24) is 5.32 Å². The van der Waals surface area contributed by atoms with Crippen LogP contribution in [0.5, 0.6) is 5.75 Å². The van der Waals surface area contributed by atoms with E-state index in [0.29, 0.717) is 12.6 Å². The Balaban J connectivity index is 2.88. The number of rotatable bonds is 8. The Morgan fingerprint density at radius 3 is 2.63 bits per heavy atom. The molecule has 0 atom stereocenters. The van der Waals surface area contributed by atoms with Gasteiger partial charge in [0, 0.05) is 25.7 Å². The average molecular weight is 266 g/mol. The molecule has 2 N–H and O–H groups in total. The number of methoxy groups -OCH3 is 1. The Morgan fingerprint density at radius 2 is 2.11 bits per heavy atom. The second kappa shape index (κ2) is 8.02. The van der Waals surface area contributed by atoms with E-state index in [1.807, 2.05) is 0 Å². The zero-order chi connectivity index (χ0) is 14.3. The molecule has 0 saturated carbocycles. The van der Waals surface area contributed by atoms with Crippen molar-refractivity contribution in [3.05, 3.63) is 23.8 Å². The van der Waals surface area contributed by atoms with Gasteiger partial charge in [-0.1, -0.05) is 19.9 Å². The largest absolute Gasteiger partial charge is 0.495 e. The third-order valence-electron chi connectivity index (χ3n) is 3.05. The lowest BCUT2D eigenvalue weighted by Gasteiger charge is -2.24. The van der Waals surface area contributed by atoms with Gasteiger partial charge in [0.05, 0.1) is 19.4 Å². The van der Waals surface area contributed by atoms with Crippen LogP contribution in [0, 0.1) is 0 Å². The molecule has 0 aliphatic rings. The van der Waals surface area contributed by atoms with E-state index in [1.165, 1.54) is 5.56 Å². The lowest BCUT2D eigenvalue weighted by Crippen LogP contribution is -2.26. The van der Waals surface area contributed by atoms with Crippen LogP contribution in [0.25, 0.3) is 0 Å². The summed E-state index contributed by atoms with van der Waals surface area (Å²) in [6.07, 6.45) is 0. The molecule has 1 aromatic rings. The minimum absolute atomic E-state index is 0.146. The monoisotopic (exact) mass is 266 g/mol. The van der Waals surface area contributed by atoms with Gasteiger partial charge in [-0.2, -0.15) is 0 Å². The molecule has 0 aliphatic heterocycles. The van der Waals surface area contributed by atoms with E-state index >= 15 is 0 Å². The SMILES string of the molecule is CCN(CCO)c1ccc(CNC(C)C)cc1OC. The minimum atomic E-state index is 0.146. The molecule has 0 radical (unpaired) electrons. The van der Waals surface area contributed by atoms with Crippen LogP contribution in [0.4, 0.5) is 5.69 Å². The summed E-state index contributed by atoms with van der Waals surface area (Å²) in [5.41, 5.74) is 2.24. The molecule has 0 aliphatic carbocycles. The summed E-state index contributed by atoms with van der Waals surface area (Å²) in [4.78, 5) is 2.11. The Bertz CT molecular complexity index is 380. The maximum Gasteiger partial charge on any atom is 0.142 e. The molecule has 4 nitrogen and oxygen atoms in total. The molecule has 19 heavy (non-hydrogen) atoms. The first-order chi connectivity index (χ1) is 9.12. The van der Waals surface area contributed by atoms with Crippen LogP contribution in [-0.2, 0) is 6.54 Å². The third kappa shape index (κ3) is 4.73. The number of hydrogen-bond donors (Lipinski definition) is 2. The molecule has 0 spiro atoms. The number of benzene rings is 1. The number of aliphatic hydroxyl groups is 1. The first-order valence-corrected chi connectivity index (χ1v) is 6.88. The van der Waals surface area contributed by atoms with Crippen molar-refractivity contribution in [1.29, 1.82) is 0 Å². The van der Waals surface area contributed by atoms with E-state index in [2.05, 4.69) is 49.2 Å². The van der Waals surface area contributed by atoms with Crippen LogP contribution in [-0.4, -0.2) is 38.0 Å². The van der Waals surface area contributed by atoms with Gasteiger partial charge in [0.1, 0.15) is 5.75 Å². The van der Waals surface area contributed by atoms with Gasteiger partial charge < -0.3 is 20.1 Å². The van der Waals surface area contributed by atoms with E-state index < -0.39 is 0 Å². The predicted molar refractivity (Wildman–Crippen MR) is 79.9 cm³/mol. The molecule has 4 heteroatoms. The number of nitrogens with zero attached hydrogens (tertiary/aromatic N) is 1. The van der Waals surface area contributed by atoms with Crippen molar-refractivity contribution in [2.45, 2.75) is 33.4 Å². The highest BCUT2D eigenvalue weighted by atomic mass is 16.5. The number of likely N-dealkylation sites (N-methyl/N-ethyl adjacent to an activating group) is 1. The van der Waals surface area contributed by atoms with E-state index in [4.69, 9.17) is 9.84 Å². The van der Waals surface area contributed by atoms with Crippen LogP contribution in [0.2, 0.25) is 0 Å². The van der Waals surface area contributed by atoms with Gasteiger partial charge in [-0.25, -0.2) is 0 Å². The van der Waals surface area contributed by atoms with Crippen molar-refractivity contribution in [2.75, 3.05) is 31.7 Å². The quantitative estimate of drug-likeness (QED) is 0.755. The van der Waals surface area contributed by atoms with Crippen LogP contribution >= 0.6 is 0 Å². The van der Waals surface area contributed by atoms with Crippen LogP contribution < -0.4 is 15.0 Å². The van der Waals surface area contributed by atoms with Gasteiger partial charge in [0.2, 0.25) is 0 Å². The molecule has 0 bridgehead atoms. The van der Waals surface area contributed by atoms with Crippen molar-refractivity contribution in [3.8, 4) is 5.75 Å². The zero-order valence-electron chi connectivity index (χ0n) is 12.4. The predicted octanol–water partition coefficient (Wildman–Crippen LogP) is 2.01. The molecule has 0 amide bonds. The fourth-order valence-corrected chi connectivity index (χ4v) is 1.98. The van der Waals surface area contributed by atoms with Gasteiger partial charge in [-0.3, -0.25) is 0 Å². The Hall–Kier alpha value is -1.26. The molecule has 1 rings (SSSR count). The number of hydrogen-bond acceptors (Lipinski definition) is 4. The third-order valence-corrected chi connectivity index (χ3v) is 3.05. The fourth-order valence-electron chi connectivity index (χ4n) is 1.98. The molecular formula is C15H26N2O2. The molecule has 0 unspecified atom stereocenters. The molecular weight excluding hydrogens is 240 g/mol. The van der Waals surface area contributed by atoms with Gasteiger partial charge in [-0.15, -0.1) is 0 Å². The highest BCUT2D eigenvalue weighted by Gasteiger charge is 2.11. The maximum absolute atomic E-state index is 9.10. The lowest BCUT2D eigenvalue weighted by atomic mass is 10.1. The molecule has 0 fully saturated rings. The number of anilines is 1. The highest BCUT2D eigenvalue weighted by Crippen LogP contribution is 2.29. The summed E-state index contributed by atoms with van der Waals surface area (Å²) in [5.74, 6) is 0.860.